The van der Waals surface area contributed by atoms with E-state index in [0.717, 1.165) is 16.0 Å². The van der Waals surface area contributed by atoms with E-state index in [1.54, 1.807) is 29.2 Å². The van der Waals surface area contributed by atoms with Gasteiger partial charge in [0.05, 0.1) is 30.1 Å². The summed E-state index contributed by atoms with van der Waals surface area (Å²) in [5.41, 5.74) is 8.12. The summed E-state index contributed by atoms with van der Waals surface area (Å²) in [7, 11) is 0. The van der Waals surface area contributed by atoms with Crippen LogP contribution in [0.3, 0.4) is 0 Å². The molecule has 10 heteroatoms. The number of nitrogens with zero attached hydrogens (tertiary/aromatic N) is 3. The molecule has 0 aliphatic heterocycles. The maximum Gasteiger partial charge on any atom is 0.269 e. The van der Waals surface area contributed by atoms with Crippen molar-refractivity contribution in [3.05, 3.63) is 34.4 Å². The zero-order valence-electron chi connectivity index (χ0n) is 17.4. The summed E-state index contributed by atoms with van der Waals surface area (Å²) in [5, 5.41) is 6.84. The van der Waals surface area contributed by atoms with Crippen LogP contribution in [0.25, 0.3) is 16.8 Å². The Hall–Kier alpha value is -2.59. The first-order valence-electron chi connectivity index (χ1n) is 10.4. The number of carbonyl (C=O) groups is 1. The van der Waals surface area contributed by atoms with Crippen LogP contribution in [0.15, 0.2) is 24.7 Å². The number of fused-ring (bicyclic) bond motifs is 1. The van der Waals surface area contributed by atoms with Gasteiger partial charge in [-0.15, -0.1) is 11.3 Å². The van der Waals surface area contributed by atoms with E-state index in [1.807, 2.05) is 13.8 Å². The minimum absolute atomic E-state index is 0.265. The zero-order valence-corrected chi connectivity index (χ0v) is 18.2. The van der Waals surface area contributed by atoms with Crippen molar-refractivity contribution in [2.24, 2.45) is 5.73 Å². The van der Waals surface area contributed by atoms with Crippen LogP contribution in [-0.2, 0) is 6.42 Å². The highest BCUT2D eigenvalue weighted by Crippen LogP contribution is 2.36. The van der Waals surface area contributed by atoms with Crippen molar-refractivity contribution in [2.45, 2.75) is 57.5 Å². The predicted octanol–water partition coefficient (Wildman–Crippen LogP) is 3.66. The average Bonchev–Trinajstić information content (AvgIpc) is 3.34. The number of hydrogen-bond acceptors (Lipinski definition) is 6. The molecule has 3 heterocycles. The first-order valence-corrected chi connectivity index (χ1v) is 11.2. The molecule has 1 aliphatic rings. The van der Waals surface area contributed by atoms with Gasteiger partial charge in [-0.25, -0.2) is 18.3 Å². The van der Waals surface area contributed by atoms with Crippen molar-refractivity contribution >= 4 is 22.9 Å². The number of ether oxygens (including phenoxy) is 1. The molecular formula is C21H25F2N5O2S. The van der Waals surface area contributed by atoms with E-state index >= 15 is 0 Å². The number of hydrogen-bond donors (Lipinski definition) is 2. The molecule has 0 saturated heterocycles. The van der Waals surface area contributed by atoms with Gasteiger partial charge in [-0.3, -0.25) is 4.79 Å². The monoisotopic (exact) mass is 449 g/mol. The summed E-state index contributed by atoms with van der Waals surface area (Å²) in [4.78, 5) is 18.6. The highest BCUT2D eigenvalue weighted by atomic mass is 32.1. The van der Waals surface area contributed by atoms with Gasteiger partial charge >= 0.3 is 0 Å². The molecule has 1 fully saturated rings. The minimum Gasteiger partial charge on any atom is -0.491 e. The Labute approximate surface area is 182 Å². The van der Waals surface area contributed by atoms with Crippen LogP contribution in [-0.4, -0.2) is 45.1 Å². The van der Waals surface area contributed by atoms with Crippen LogP contribution in [0.5, 0.6) is 5.75 Å². The second-order valence-corrected chi connectivity index (χ2v) is 8.76. The van der Waals surface area contributed by atoms with Crippen molar-refractivity contribution in [1.29, 1.82) is 0 Å². The van der Waals surface area contributed by atoms with Gasteiger partial charge in [-0.2, -0.15) is 5.10 Å². The first kappa shape index (κ1) is 21.6. The van der Waals surface area contributed by atoms with Crippen molar-refractivity contribution in [3.63, 3.8) is 0 Å². The lowest BCUT2D eigenvalue weighted by Crippen LogP contribution is -2.59. The molecule has 2 unspecified atom stereocenters. The molecular weight excluding hydrogens is 424 g/mol. The quantitative estimate of drug-likeness (QED) is 0.599. The minimum atomic E-state index is -3.01. The molecule has 3 aromatic rings. The summed E-state index contributed by atoms with van der Waals surface area (Å²) in [5.74, 6) is -2.93. The van der Waals surface area contributed by atoms with Crippen LogP contribution in [0.4, 0.5) is 8.78 Å². The number of halogens is 2. The van der Waals surface area contributed by atoms with E-state index in [-0.39, 0.29) is 6.42 Å². The molecule has 1 amide bonds. The third-order valence-corrected chi connectivity index (χ3v) is 6.78. The Kier molecular flexibility index (Phi) is 5.94. The Bertz CT molecular complexity index is 1100. The van der Waals surface area contributed by atoms with Crippen LogP contribution in [0.2, 0.25) is 0 Å². The molecule has 0 bridgehead atoms. The predicted molar refractivity (Wildman–Crippen MR) is 115 cm³/mol. The fourth-order valence-corrected chi connectivity index (χ4v) is 4.97. The molecule has 4 rings (SSSR count). The number of alkyl halides is 2. The number of amides is 1. The molecule has 166 valence electrons. The molecule has 31 heavy (non-hydrogen) atoms. The van der Waals surface area contributed by atoms with Crippen LogP contribution < -0.4 is 15.8 Å². The number of carbonyl (C=O) groups excluding carboxylic acids is 1. The van der Waals surface area contributed by atoms with E-state index in [1.165, 1.54) is 11.3 Å². The largest absolute Gasteiger partial charge is 0.491 e. The Morgan fingerprint density at radius 2 is 2.19 bits per heavy atom. The number of nitrogens with one attached hydrogen (secondary N) is 1. The molecule has 7 nitrogen and oxygen atoms in total. The van der Waals surface area contributed by atoms with E-state index in [9.17, 15) is 13.6 Å². The topological polar surface area (TPSA) is 94.5 Å². The normalized spacial score (nSPS) is 20.7. The second-order valence-electron chi connectivity index (χ2n) is 7.62. The molecule has 2 atom stereocenters. The highest BCUT2D eigenvalue weighted by Gasteiger charge is 2.46. The maximum absolute atomic E-state index is 14.3. The van der Waals surface area contributed by atoms with Gasteiger partial charge in [0, 0.05) is 28.5 Å². The third-order valence-electron chi connectivity index (χ3n) is 5.51. The lowest BCUT2D eigenvalue weighted by atomic mass is 9.87. The van der Waals surface area contributed by atoms with Crippen molar-refractivity contribution < 1.29 is 18.3 Å². The smallest absolute Gasteiger partial charge is 0.269 e. The van der Waals surface area contributed by atoms with Gasteiger partial charge in [0.1, 0.15) is 6.04 Å². The van der Waals surface area contributed by atoms with E-state index in [0.29, 0.717) is 42.1 Å². The molecule has 3 N–H and O–H groups in total. The Morgan fingerprint density at radius 3 is 2.90 bits per heavy atom. The van der Waals surface area contributed by atoms with Crippen molar-refractivity contribution in [3.8, 4) is 16.9 Å². The summed E-state index contributed by atoms with van der Waals surface area (Å²) in [6, 6.07) is -0.401. The number of aromatic nitrogens is 3. The van der Waals surface area contributed by atoms with E-state index in [2.05, 4.69) is 15.4 Å². The van der Waals surface area contributed by atoms with Crippen LogP contribution in [0, 0.1) is 0 Å². The zero-order chi connectivity index (χ0) is 22.2. The number of rotatable bonds is 6. The molecule has 1 saturated carbocycles. The average molecular weight is 450 g/mol. The molecule has 3 aromatic heterocycles. The number of aryl methyl sites for hydroxylation is 1. The lowest BCUT2D eigenvalue weighted by molar-refractivity contribution is -0.0674. The summed E-state index contributed by atoms with van der Waals surface area (Å²) in [6.45, 7) is 4.39. The molecule has 0 spiro atoms. The van der Waals surface area contributed by atoms with Gasteiger partial charge in [0.2, 0.25) is 0 Å². The van der Waals surface area contributed by atoms with Crippen LogP contribution >= 0.6 is 11.3 Å². The number of thiophene rings is 1. The molecule has 0 radical (unpaired) electrons. The maximum atomic E-state index is 14.3. The van der Waals surface area contributed by atoms with Gasteiger partial charge in [0.15, 0.2) is 11.4 Å². The second kappa shape index (κ2) is 8.51. The highest BCUT2D eigenvalue weighted by molar-refractivity contribution is 7.14. The molecule has 1 aliphatic carbocycles. The van der Waals surface area contributed by atoms with Crippen molar-refractivity contribution in [1.82, 2.24) is 19.9 Å². The molecule has 0 aromatic carbocycles. The lowest BCUT2D eigenvalue weighted by Gasteiger charge is -2.36. The summed E-state index contributed by atoms with van der Waals surface area (Å²) < 4.78 is 35.7. The fourth-order valence-electron chi connectivity index (χ4n) is 3.95. The van der Waals surface area contributed by atoms with E-state index in [4.69, 9.17) is 10.5 Å². The van der Waals surface area contributed by atoms with Gasteiger partial charge < -0.3 is 15.8 Å². The summed E-state index contributed by atoms with van der Waals surface area (Å²) in [6.07, 6.45) is 6.30. The van der Waals surface area contributed by atoms with Gasteiger partial charge in [-0.1, -0.05) is 6.92 Å². The Balaban J connectivity index is 1.64. The standard InChI is InChI=1S/C21H25F2N5O2S/c1-3-16-13(14-10-26-28-11-12(30-4-2)9-25-19(14)28)8-17(31-16)20(29)27-18-15(24)6-5-7-21(18,22)23/h8-11,15,18H,3-7,24H2,1-2H3,(H,27,29). The fraction of sp³-hybridized carbons (Fsp3) is 0.476. The van der Waals surface area contributed by atoms with Gasteiger partial charge in [0.25, 0.3) is 11.8 Å². The van der Waals surface area contributed by atoms with E-state index < -0.39 is 23.9 Å². The number of nitrogens with two attached hydrogens (primary N) is 1. The third kappa shape index (κ3) is 4.14. The first-order chi connectivity index (χ1) is 14.8. The van der Waals surface area contributed by atoms with Crippen LogP contribution in [0.1, 0.15) is 47.7 Å². The summed E-state index contributed by atoms with van der Waals surface area (Å²) >= 11 is 1.29. The SMILES string of the molecule is CCOc1cnc2c(-c3cc(C(=O)NC4C(N)CCCC4(F)F)sc3CC)cnn2c1. The van der Waals surface area contributed by atoms with Gasteiger partial charge in [-0.05, 0) is 32.3 Å². The Morgan fingerprint density at radius 1 is 1.39 bits per heavy atom. The van der Waals surface area contributed by atoms with Crippen molar-refractivity contribution in [2.75, 3.05) is 6.61 Å².